The molecule has 5 rings (SSSR count). The molecule has 2 aliphatic heterocycles. The van der Waals surface area contributed by atoms with E-state index in [1.165, 1.54) is 0 Å². The molecule has 8 heteroatoms. The van der Waals surface area contributed by atoms with E-state index in [1.54, 1.807) is 17.5 Å². The smallest absolute Gasteiger partial charge is 0.231 e. The summed E-state index contributed by atoms with van der Waals surface area (Å²) in [6, 6.07) is 5.85. The highest BCUT2D eigenvalue weighted by atomic mass is 32.1. The van der Waals surface area contributed by atoms with Gasteiger partial charge in [-0.05, 0) is 30.5 Å². The molecule has 138 valence electrons. The molecule has 0 amide bonds. The van der Waals surface area contributed by atoms with Crippen molar-refractivity contribution in [1.29, 1.82) is 0 Å². The van der Waals surface area contributed by atoms with Crippen molar-refractivity contribution < 1.29 is 14.6 Å². The fraction of sp³-hybridized carbons (Fsp3) is 0.316. The SMILES string of the molecule is OC1CCN(c2ncc(-c3ccc4c(c3)OCO4)c(-c3nccs3)n2)CC1. The van der Waals surface area contributed by atoms with Crippen LogP contribution in [0.1, 0.15) is 12.8 Å². The van der Waals surface area contributed by atoms with Gasteiger partial charge in [-0.2, -0.15) is 0 Å². The fourth-order valence-corrected chi connectivity index (χ4v) is 4.01. The molecule has 4 heterocycles. The second-order valence-electron chi connectivity index (χ2n) is 6.56. The Bertz CT molecular complexity index is 956. The Kier molecular flexibility index (Phi) is 4.14. The number of aliphatic hydroxyl groups excluding tert-OH is 1. The zero-order valence-electron chi connectivity index (χ0n) is 14.5. The minimum absolute atomic E-state index is 0.229. The van der Waals surface area contributed by atoms with Crippen LogP contribution >= 0.6 is 11.3 Å². The number of benzene rings is 1. The summed E-state index contributed by atoms with van der Waals surface area (Å²) in [5.74, 6) is 2.15. The van der Waals surface area contributed by atoms with Gasteiger partial charge in [0.25, 0.3) is 0 Å². The van der Waals surface area contributed by atoms with Crippen molar-refractivity contribution in [2.45, 2.75) is 18.9 Å². The molecule has 0 spiro atoms. The van der Waals surface area contributed by atoms with Crippen LogP contribution in [-0.4, -0.2) is 46.0 Å². The average Bonchev–Trinajstić information content (AvgIpc) is 3.39. The van der Waals surface area contributed by atoms with E-state index in [2.05, 4.69) is 14.9 Å². The first-order chi connectivity index (χ1) is 13.3. The van der Waals surface area contributed by atoms with Gasteiger partial charge in [-0.3, -0.25) is 0 Å². The van der Waals surface area contributed by atoms with Gasteiger partial charge in [0, 0.05) is 36.4 Å². The average molecular weight is 382 g/mol. The first-order valence-corrected chi connectivity index (χ1v) is 9.76. The maximum atomic E-state index is 9.75. The number of hydrogen-bond donors (Lipinski definition) is 1. The summed E-state index contributed by atoms with van der Waals surface area (Å²) in [6.45, 7) is 1.75. The van der Waals surface area contributed by atoms with Crippen LogP contribution in [0, 0.1) is 0 Å². The lowest BCUT2D eigenvalue weighted by Crippen LogP contribution is -2.36. The number of ether oxygens (including phenoxy) is 2. The summed E-state index contributed by atoms with van der Waals surface area (Å²) in [5, 5.41) is 12.5. The number of piperidine rings is 1. The fourth-order valence-electron chi connectivity index (χ4n) is 3.37. The first-order valence-electron chi connectivity index (χ1n) is 8.88. The van der Waals surface area contributed by atoms with Crippen molar-refractivity contribution in [1.82, 2.24) is 15.0 Å². The van der Waals surface area contributed by atoms with E-state index < -0.39 is 0 Å². The van der Waals surface area contributed by atoms with Crippen molar-refractivity contribution in [3.8, 4) is 33.3 Å². The monoisotopic (exact) mass is 382 g/mol. The van der Waals surface area contributed by atoms with Crippen molar-refractivity contribution in [3.05, 3.63) is 36.0 Å². The molecule has 2 aromatic heterocycles. The Morgan fingerprint density at radius 1 is 1.11 bits per heavy atom. The number of hydrogen-bond acceptors (Lipinski definition) is 8. The summed E-state index contributed by atoms with van der Waals surface area (Å²) >= 11 is 1.55. The molecule has 0 bridgehead atoms. The summed E-state index contributed by atoms with van der Waals surface area (Å²) in [7, 11) is 0. The normalized spacial score (nSPS) is 16.7. The maximum absolute atomic E-state index is 9.75. The summed E-state index contributed by atoms with van der Waals surface area (Å²) in [6.07, 6.45) is 4.87. The van der Waals surface area contributed by atoms with Crippen molar-refractivity contribution in [2.75, 3.05) is 24.8 Å². The van der Waals surface area contributed by atoms with Crippen molar-refractivity contribution in [2.24, 2.45) is 0 Å². The number of thiazole rings is 1. The Morgan fingerprint density at radius 3 is 2.78 bits per heavy atom. The molecule has 7 nitrogen and oxygen atoms in total. The standard InChI is InChI=1S/C19H18N4O3S/c24-13-3-6-23(7-4-13)19-21-10-14(17(22-19)18-20-5-8-27-18)12-1-2-15-16(9-12)26-11-25-15/h1-2,5,8-10,13,24H,3-4,6-7,11H2. The minimum atomic E-state index is -0.229. The van der Waals surface area contributed by atoms with Crippen LogP contribution in [0.25, 0.3) is 21.8 Å². The molecule has 0 radical (unpaired) electrons. The van der Waals surface area contributed by atoms with E-state index in [0.717, 1.165) is 59.3 Å². The molecule has 1 fully saturated rings. The van der Waals surface area contributed by atoms with Crippen molar-refractivity contribution >= 4 is 17.3 Å². The summed E-state index contributed by atoms with van der Waals surface area (Å²) in [5.41, 5.74) is 2.68. The highest BCUT2D eigenvalue weighted by Gasteiger charge is 2.22. The van der Waals surface area contributed by atoms with Crippen LogP contribution in [0.4, 0.5) is 5.95 Å². The second kappa shape index (κ2) is 6.79. The Morgan fingerprint density at radius 2 is 1.96 bits per heavy atom. The van der Waals surface area contributed by atoms with Gasteiger partial charge >= 0.3 is 0 Å². The van der Waals surface area contributed by atoms with E-state index >= 15 is 0 Å². The number of fused-ring (bicyclic) bond motifs is 1. The van der Waals surface area contributed by atoms with Gasteiger partial charge in [0.1, 0.15) is 10.7 Å². The van der Waals surface area contributed by atoms with Crippen LogP contribution in [0.2, 0.25) is 0 Å². The Hall–Kier alpha value is -2.71. The van der Waals surface area contributed by atoms with Crippen LogP contribution in [0.15, 0.2) is 36.0 Å². The first kappa shape index (κ1) is 16.5. The molecule has 0 aliphatic carbocycles. The maximum Gasteiger partial charge on any atom is 0.231 e. The molecule has 3 aromatic rings. The van der Waals surface area contributed by atoms with Crippen LogP contribution < -0.4 is 14.4 Å². The minimum Gasteiger partial charge on any atom is -0.454 e. The molecule has 1 saturated heterocycles. The molecule has 1 N–H and O–H groups in total. The van der Waals surface area contributed by atoms with Gasteiger partial charge in [-0.15, -0.1) is 11.3 Å². The quantitative estimate of drug-likeness (QED) is 0.746. The zero-order valence-corrected chi connectivity index (χ0v) is 15.4. The van der Waals surface area contributed by atoms with Crippen LogP contribution in [0.5, 0.6) is 11.5 Å². The third-order valence-corrected chi connectivity index (χ3v) is 5.62. The molecule has 0 unspecified atom stereocenters. The third kappa shape index (κ3) is 3.11. The van der Waals surface area contributed by atoms with Gasteiger partial charge in [0.05, 0.1) is 6.10 Å². The summed E-state index contributed by atoms with van der Waals surface area (Å²) in [4.78, 5) is 16.0. The van der Waals surface area contributed by atoms with Crippen molar-refractivity contribution in [3.63, 3.8) is 0 Å². The number of aliphatic hydroxyl groups is 1. The van der Waals surface area contributed by atoms with Gasteiger partial charge in [-0.25, -0.2) is 15.0 Å². The summed E-state index contributed by atoms with van der Waals surface area (Å²) < 4.78 is 10.9. The van der Waals surface area contributed by atoms with Gasteiger partial charge in [0.15, 0.2) is 11.5 Å². The molecule has 0 atom stereocenters. The van der Waals surface area contributed by atoms with E-state index in [4.69, 9.17) is 14.5 Å². The largest absolute Gasteiger partial charge is 0.454 e. The highest BCUT2D eigenvalue weighted by Crippen LogP contribution is 2.39. The van der Waals surface area contributed by atoms with Crippen LogP contribution in [-0.2, 0) is 0 Å². The molecular formula is C19H18N4O3S. The predicted octanol–water partition coefficient (Wildman–Crippen LogP) is 2.96. The number of anilines is 1. The predicted molar refractivity (Wildman–Crippen MR) is 102 cm³/mol. The highest BCUT2D eigenvalue weighted by molar-refractivity contribution is 7.13. The molecule has 2 aliphatic rings. The number of nitrogens with zero attached hydrogens (tertiary/aromatic N) is 4. The third-order valence-electron chi connectivity index (χ3n) is 4.84. The lowest BCUT2D eigenvalue weighted by Gasteiger charge is -2.29. The Balaban J connectivity index is 1.57. The zero-order chi connectivity index (χ0) is 18.2. The van der Waals surface area contributed by atoms with E-state index in [0.29, 0.717) is 5.95 Å². The van der Waals surface area contributed by atoms with E-state index in [1.807, 2.05) is 29.8 Å². The van der Waals surface area contributed by atoms with E-state index in [9.17, 15) is 5.11 Å². The molecular weight excluding hydrogens is 364 g/mol. The number of aromatic nitrogens is 3. The van der Waals surface area contributed by atoms with Gasteiger partial charge in [0.2, 0.25) is 12.7 Å². The lowest BCUT2D eigenvalue weighted by molar-refractivity contribution is 0.145. The van der Waals surface area contributed by atoms with Gasteiger partial charge < -0.3 is 19.5 Å². The Labute approximate surface area is 160 Å². The van der Waals surface area contributed by atoms with E-state index in [-0.39, 0.29) is 12.9 Å². The van der Waals surface area contributed by atoms with Crippen LogP contribution in [0.3, 0.4) is 0 Å². The lowest BCUT2D eigenvalue weighted by atomic mass is 10.0. The number of rotatable bonds is 3. The molecule has 0 saturated carbocycles. The molecule has 1 aromatic carbocycles. The van der Waals surface area contributed by atoms with Gasteiger partial charge in [-0.1, -0.05) is 6.07 Å². The second-order valence-corrected chi connectivity index (χ2v) is 7.45. The molecule has 27 heavy (non-hydrogen) atoms. The topological polar surface area (TPSA) is 80.6 Å².